The Hall–Kier alpha value is -0.980. The standard InChI is InChI=1S/C11H14FNO3S/c1-3-15-11(14)8-9(7-5-4-6-17-7)13(2)16-10(8)12/h4-6,8-10H,3H2,1-2H3/t8-,9-,10+/m1/s1. The van der Waals surface area contributed by atoms with Gasteiger partial charge in [-0.05, 0) is 18.4 Å². The Kier molecular flexibility index (Phi) is 3.76. The number of hydrogen-bond donors (Lipinski definition) is 0. The first-order valence-electron chi connectivity index (χ1n) is 5.39. The third kappa shape index (κ3) is 2.34. The van der Waals surface area contributed by atoms with Gasteiger partial charge >= 0.3 is 5.97 Å². The van der Waals surface area contributed by atoms with E-state index in [-0.39, 0.29) is 6.61 Å². The van der Waals surface area contributed by atoms with Crippen LogP contribution in [0.15, 0.2) is 17.5 Å². The molecule has 0 radical (unpaired) electrons. The molecule has 4 nitrogen and oxygen atoms in total. The second-order valence-corrected chi connectivity index (χ2v) is 4.72. The number of carbonyl (C=O) groups excluding carboxylic acids is 1. The van der Waals surface area contributed by atoms with Crippen LogP contribution in [0.1, 0.15) is 17.8 Å². The lowest BCUT2D eigenvalue weighted by Gasteiger charge is -2.19. The van der Waals surface area contributed by atoms with E-state index in [4.69, 9.17) is 9.57 Å². The number of alkyl halides is 1. The van der Waals surface area contributed by atoms with E-state index in [0.717, 1.165) is 4.88 Å². The van der Waals surface area contributed by atoms with Gasteiger partial charge in [0.25, 0.3) is 0 Å². The molecule has 0 saturated carbocycles. The van der Waals surface area contributed by atoms with Crippen LogP contribution in [0.4, 0.5) is 4.39 Å². The van der Waals surface area contributed by atoms with Crippen molar-refractivity contribution in [1.82, 2.24) is 5.06 Å². The Balaban J connectivity index is 2.24. The summed E-state index contributed by atoms with van der Waals surface area (Å²) in [5, 5.41) is 3.27. The van der Waals surface area contributed by atoms with Crippen LogP contribution < -0.4 is 0 Å². The number of hydroxylamine groups is 2. The predicted octanol–water partition coefficient (Wildman–Crippen LogP) is 2.14. The maximum atomic E-state index is 13.7. The summed E-state index contributed by atoms with van der Waals surface area (Å²) in [5.41, 5.74) is 0. The summed E-state index contributed by atoms with van der Waals surface area (Å²) in [6, 6.07) is 3.31. The quantitative estimate of drug-likeness (QED) is 0.780. The lowest BCUT2D eigenvalue weighted by molar-refractivity contribution is -0.185. The van der Waals surface area contributed by atoms with Crippen molar-refractivity contribution < 1.29 is 18.8 Å². The number of esters is 1. The molecule has 1 aromatic rings. The van der Waals surface area contributed by atoms with Crippen molar-refractivity contribution in [3.8, 4) is 0 Å². The largest absolute Gasteiger partial charge is 0.466 e. The Morgan fingerprint density at radius 3 is 3.06 bits per heavy atom. The summed E-state index contributed by atoms with van der Waals surface area (Å²) in [4.78, 5) is 17.6. The van der Waals surface area contributed by atoms with Gasteiger partial charge in [0.15, 0.2) is 0 Å². The molecule has 0 unspecified atom stereocenters. The lowest BCUT2D eigenvalue weighted by atomic mass is 9.99. The predicted molar refractivity (Wildman–Crippen MR) is 60.9 cm³/mol. The molecule has 0 spiro atoms. The molecule has 1 aromatic heterocycles. The average molecular weight is 259 g/mol. The van der Waals surface area contributed by atoms with Crippen molar-refractivity contribution in [2.75, 3.05) is 13.7 Å². The maximum absolute atomic E-state index is 13.7. The highest BCUT2D eigenvalue weighted by atomic mass is 32.1. The minimum Gasteiger partial charge on any atom is -0.466 e. The molecule has 94 valence electrons. The van der Waals surface area contributed by atoms with Gasteiger partial charge in [0, 0.05) is 11.9 Å². The summed E-state index contributed by atoms with van der Waals surface area (Å²) in [6.45, 7) is 1.94. The van der Waals surface area contributed by atoms with Gasteiger partial charge in [-0.1, -0.05) is 6.07 Å². The van der Waals surface area contributed by atoms with E-state index in [1.54, 1.807) is 14.0 Å². The topological polar surface area (TPSA) is 38.8 Å². The number of nitrogens with zero attached hydrogens (tertiary/aromatic N) is 1. The van der Waals surface area contributed by atoms with E-state index in [9.17, 15) is 9.18 Å². The van der Waals surface area contributed by atoms with Gasteiger partial charge in [0.2, 0.25) is 6.36 Å². The fraction of sp³-hybridized carbons (Fsp3) is 0.545. The molecule has 0 aliphatic carbocycles. The Morgan fingerprint density at radius 1 is 1.71 bits per heavy atom. The monoisotopic (exact) mass is 259 g/mol. The third-order valence-electron chi connectivity index (χ3n) is 2.67. The molecule has 3 atom stereocenters. The Labute approximate surface area is 103 Å². The molecule has 0 bridgehead atoms. The molecule has 6 heteroatoms. The molecule has 1 saturated heterocycles. The van der Waals surface area contributed by atoms with E-state index >= 15 is 0 Å². The van der Waals surface area contributed by atoms with Crippen LogP contribution in [0, 0.1) is 5.92 Å². The first kappa shape index (κ1) is 12.5. The van der Waals surface area contributed by atoms with Crippen molar-refractivity contribution in [2.45, 2.75) is 19.3 Å². The molecular weight excluding hydrogens is 245 g/mol. The van der Waals surface area contributed by atoms with Crippen LogP contribution in [-0.2, 0) is 14.4 Å². The lowest BCUT2D eigenvalue weighted by Crippen LogP contribution is -2.28. The number of hydrogen-bond acceptors (Lipinski definition) is 5. The smallest absolute Gasteiger partial charge is 0.316 e. The molecule has 1 fully saturated rings. The van der Waals surface area contributed by atoms with Gasteiger partial charge in [-0.15, -0.1) is 11.3 Å². The normalized spacial score (nSPS) is 29.5. The zero-order valence-corrected chi connectivity index (χ0v) is 10.4. The van der Waals surface area contributed by atoms with Crippen LogP contribution in [0.3, 0.4) is 0 Å². The van der Waals surface area contributed by atoms with Crippen molar-refractivity contribution in [3.63, 3.8) is 0 Å². The van der Waals surface area contributed by atoms with Crippen molar-refractivity contribution >= 4 is 17.3 Å². The van der Waals surface area contributed by atoms with Crippen LogP contribution in [0.5, 0.6) is 0 Å². The number of ether oxygens (including phenoxy) is 1. The second kappa shape index (κ2) is 5.12. The Morgan fingerprint density at radius 2 is 2.47 bits per heavy atom. The van der Waals surface area contributed by atoms with E-state index in [2.05, 4.69) is 0 Å². The molecular formula is C11H14FNO3S. The summed E-state index contributed by atoms with van der Waals surface area (Å²) >= 11 is 1.47. The minimum atomic E-state index is -1.65. The SMILES string of the molecule is CCOC(=O)[C@@H]1[C@@H](c2cccs2)N(C)O[C@@H]1F. The molecule has 0 amide bonds. The highest BCUT2D eigenvalue weighted by molar-refractivity contribution is 7.10. The van der Waals surface area contributed by atoms with Crippen LogP contribution in [0.25, 0.3) is 0 Å². The number of thiophene rings is 1. The van der Waals surface area contributed by atoms with Gasteiger partial charge in [-0.25, -0.2) is 4.39 Å². The molecule has 2 rings (SSSR count). The first-order valence-corrected chi connectivity index (χ1v) is 6.26. The highest BCUT2D eigenvalue weighted by Gasteiger charge is 2.48. The first-order chi connectivity index (χ1) is 8.15. The zero-order chi connectivity index (χ0) is 12.4. The van der Waals surface area contributed by atoms with E-state index in [1.807, 2.05) is 17.5 Å². The van der Waals surface area contributed by atoms with Gasteiger partial charge in [-0.2, -0.15) is 5.06 Å². The molecule has 2 heterocycles. The van der Waals surface area contributed by atoms with Crippen LogP contribution in [0.2, 0.25) is 0 Å². The van der Waals surface area contributed by atoms with Gasteiger partial charge < -0.3 is 4.74 Å². The van der Waals surface area contributed by atoms with Gasteiger partial charge in [0.1, 0.15) is 5.92 Å². The second-order valence-electron chi connectivity index (χ2n) is 3.74. The fourth-order valence-electron chi connectivity index (χ4n) is 1.95. The van der Waals surface area contributed by atoms with Crippen molar-refractivity contribution in [2.24, 2.45) is 5.92 Å². The Bertz CT molecular complexity index is 384. The summed E-state index contributed by atoms with van der Waals surface area (Å²) < 4.78 is 18.6. The van der Waals surface area contributed by atoms with Crippen LogP contribution in [-0.4, -0.2) is 31.0 Å². The van der Waals surface area contributed by atoms with Crippen molar-refractivity contribution in [3.05, 3.63) is 22.4 Å². The minimum absolute atomic E-state index is 0.239. The fourth-order valence-corrected chi connectivity index (χ4v) is 2.86. The van der Waals surface area contributed by atoms with Gasteiger partial charge in [0.05, 0.1) is 12.6 Å². The number of carbonyl (C=O) groups is 1. The maximum Gasteiger partial charge on any atom is 0.316 e. The molecule has 17 heavy (non-hydrogen) atoms. The van der Waals surface area contributed by atoms with Crippen molar-refractivity contribution in [1.29, 1.82) is 0 Å². The number of halogens is 1. The summed E-state index contributed by atoms with van der Waals surface area (Å²) in [5.74, 6) is -1.47. The van der Waals surface area contributed by atoms with E-state index in [1.165, 1.54) is 16.4 Å². The molecule has 0 aromatic carbocycles. The highest BCUT2D eigenvalue weighted by Crippen LogP contribution is 2.41. The summed E-state index contributed by atoms with van der Waals surface area (Å²) in [7, 11) is 1.62. The molecule has 1 aliphatic rings. The molecule has 0 N–H and O–H groups in total. The third-order valence-corrected chi connectivity index (χ3v) is 3.62. The molecule has 1 aliphatic heterocycles. The average Bonchev–Trinajstić information content (AvgIpc) is 2.85. The number of rotatable bonds is 3. The van der Waals surface area contributed by atoms with Gasteiger partial charge in [-0.3, -0.25) is 9.63 Å². The van der Waals surface area contributed by atoms with Crippen LogP contribution >= 0.6 is 11.3 Å². The summed E-state index contributed by atoms with van der Waals surface area (Å²) in [6.07, 6.45) is -1.65. The zero-order valence-electron chi connectivity index (χ0n) is 9.63. The van der Waals surface area contributed by atoms with E-state index < -0.39 is 24.3 Å². The van der Waals surface area contributed by atoms with E-state index in [0.29, 0.717) is 0 Å².